The van der Waals surface area contributed by atoms with Crippen molar-refractivity contribution in [3.05, 3.63) is 180 Å². The Hall–Kier alpha value is -7.03. The number of fused-ring (bicyclic) bond motifs is 6. The van der Waals surface area contributed by atoms with E-state index in [1.54, 1.807) is 0 Å². The Labute approximate surface area is 327 Å². The first kappa shape index (κ1) is 33.5. The third-order valence-electron chi connectivity index (χ3n) is 11.8. The lowest BCUT2D eigenvalue weighted by molar-refractivity contribution is 0.660. The number of benzene rings is 6. The van der Waals surface area contributed by atoms with Gasteiger partial charge in [-0.25, -0.2) is 15.0 Å². The Morgan fingerprint density at radius 1 is 0.411 bits per heavy atom. The quantitative estimate of drug-likeness (QED) is 0.177. The largest absolute Gasteiger partial charge is 0.256 e. The van der Waals surface area contributed by atoms with Gasteiger partial charge in [-0.15, -0.1) is 0 Å². The molecule has 10 rings (SSSR count). The second kappa shape index (κ2) is 12.5. The van der Waals surface area contributed by atoms with E-state index in [0.717, 1.165) is 39.1 Å². The van der Waals surface area contributed by atoms with Crippen LogP contribution in [0.2, 0.25) is 0 Å². The molecule has 2 aliphatic rings. The van der Waals surface area contributed by atoms with Crippen molar-refractivity contribution in [3.63, 3.8) is 0 Å². The summed E-state index contributed by atoms with van der Waals surface area (Å²) in [5.74, 6) is 1.84. The molecule has 0 N–H and O–H groups in total. The van der Waals surface area contributed by atoms with Crippen molar-refractivity contribution in [1.82, 2.24) is 19.9 Å². The number of nitriles is 1. The summed E-state index contributed by atoms with van der Waals surface area (Å²) in [6, 6.07) is 53.1. The van der Waals surface area contributed by atoms with Gasteiger partial charge in [0.15, 0.2) is 17.5 Å². The Morgan fingerprint density at radius 2 is 0.946 bits per heavy atom. The topological polar surface area (TPSA) is 75.3 Å². The number of hydrogen-bond donors (Lipinski definition) is 0. The van der Waals surface area contributed by atoms with Gasteiger partial charge in [0.25, 0.3) is 0 Å². The molecule has 0 unspecified atom stereocenters. The van der Waals surface area contributed by atoms with E-state index in [2.05, 4.69) is 119 Å². The van der Waals surface area contributed by atoms with Crippen LogP contribution in [0.4, 0.5) is 0 Å². The first-order valence-corrected chi connectivity index (χ1v) is 19.0. The van der Waals surface area contributed by atoms with Crippen molar-refractivity contribution in [2.24, 2.45) is 0 Å². The van der Waals surface area contributed by atoms with Crippen LogP contribution >= 0.6 is 0 Å². The van der Waals surface area contributed by atoms with Crippen LogP contribution in [0.1, 0.15) is 55.5 Å². The van der Waals surface area contributed by atoms with Crippen LogP contribution < -0.4 is 0 Å². The number of hydrogen-bond acceptors (Lipinski definition) is 5. The van der Waals surface area contributed by atoms with E-state index in [9.17, 15) is 5.26 Å². The van der Waals surface area contributed by atoms with E-state index in [4.69, 9.17) is 19.9 Å². The van der Waals surface area contributed by atoms with Crippen LogP contribution in [0.5, 0.6) is 0 Å². The Bertz CT molecular complexity index is 2920. The Morgan fingerprint density at radius 3 is 1.66 bits per heavy atom. The molecule has 8 aromatic rings. The summed E-state index contributed by atoms with van der Waals surface area (Å²) in [5.41, 5.74) is 16.9. The fourth-order valence-corrected chi connectivity index (χ4v) is 8.79. The molecular weight excluding hydrogens is 683 g/mol. The Kier molecular flexibility index (Phi) is 7.49. The smallest absolute Gasteiger partial charge is 0.164 e. The molecule has 6 aromatic carbocycles. The highest BCUT2D eigenvalue weighted by molar-refractivity contribution is 5.87. The van der Waals surface area contributed by atoms with Gasteiger partial charge in [0, 0.05) is 39.3 Å². The minimum Gasteiger partial charge on any atom is -0.256 e. The lowest BCUT2D eigenvalue weighted by atomic mass is 9.81. The maximum absolute atomic E-state index is 9.67. The zero-order valence-corrected chi connectivity index (χ0v) is 31.7. The molecular formula is C51H37N5. The molecule has 2 aromatic heterocycles. The van der Waals surface area contributed by atoms with Gasteiger partial charge in [0.05, 0.1) is 17.3 Å². The van der Waals surface area contributed by atoms with Crippen LogP contribution in [-0.4, -0.2) is 19.9 Å². The Balaban J connectivity index is 1.15. The SMILES string of the molecule is CC1(C)c2cc(C#N)ccc2-c2ccc(-c3cc(-c4ccccn4)cc(-c4nc(-c5ccccc5)nc(-c5ccc6c(c5)C(C)(C)c5ccccc5-6)n4)c3)cc21. The molecule has 2 aliphatic carbocycles. The molecule has 0 radical (unpaired) electrons. The second-order valence-corrected chi connectivity index (χ2v) is 15.9. The molecule has 5 nitrogen and oxygen atoms in total. The molecule has 0 fully saturated rings. The average molecular weight is 720 g/mol. The van der Waals surface area contributed by atoms with Crippen molar-refractivity contribution < 1.29 is 0 Å². The van der Waals surface area contributed by atoms with E-state index in [1.165, 1.54) is 44.5 Å². The van der Waals surface area contributed by atoms with Crippen molar-refractivity contribution >= 4 is 0 Å². The van der Waals surface area contributed by atoms with Gasteiger partial charge in [-0.1, -0.05) is 119 Å². The monoisotopic (exact) mass is 719 g/mol. The van der Waals surface area contributed by atoms with Gasteiger partial charge in [-0.3, -0.25) is 4.98 Å². The van der Waals surface area contributed by atoms with Gasteiger partial charge in [-0.05, 0) is 110 Å². The fourth-order valence-electron chi connectivity index (χ4n) is 8.79. The molecule has 266 valence electrons. The minimum atomic E-state index is -0.269. The number of rotatable bonds is 5. The summed E-state index contributed by atoms with van der Waals surface area (Å²) in [7, 11) is 0. The lowest BCUT2D eigenvalue weighted by Crippen LogP contribution is -2.15. The minimum absolute atomic E-state index is 0.157. The van der Waals surface area contributed by atoms with Crippen molar-refractivity contribution in [3.8, 4) is 84.9 Å². The summed E-state index contributed by atoms with van der Waals surface area (Å²) in [5, 5.41) is 9.67. The van der Waals surface area contributed by atoms with Crippen LogP contribution in [0, 0.1) is 11.3 Å². The molecule has 2 heterocycles. The zero-order chi connectivity index (χ0) is 38.2. The van der Waals surface area contributed by atoms with Gasteiger partial charge in [0.2, 0.25) is 0 Å². The third-order valence-corrected chi connectivity index (χ3v) is 11.8. The fraction of sp³-hybridized carbons (Fsp3) is 0.118. The van der Waals surface area contributed by atoms with Gasteiger partial charge < -0.3 is 0 Å². The van der Waals surface area contributed by atoms with E-state index < -0.39 is 0 Å². The lowest BCUT2D eigenvalue weighted by Gasteiger charge is -2.22. The summed E-state index contributed by atoms with van der Waals surface area (Å²) in [6.45, 7) is 9.08. The van der Waals surface area contributed by atoms with Crippen LogP contribution in [-0.2, 0) is 10.8 Å². The van der Waals surface area contributed by atoms with Gasteiger partial charge >= 0.3 is 0 Å². The summed E-state index contributed by atoms with van der Waals surface area (Å²) < 4.78 is 0. The highest BCUT2D eigenvalue weighted by Gasteiger charge is 2.37. The molecule has 0 spiro atoms. The van der Waals surface area contributed by atoms with E-state index in [1.807, 2.05) is 66.9 Å². The van der Waals surface area contributed by atoms with Crippen molar-refractivity contribution in [1.29, 1.82) is 5.26 Å². The maximum atomic E-state index is 9.67. The van der Waals surface area contributed by atoms with E-state index in [0.29, 0.717) is 23.0 Å². The first-order chi connectivity index (χ1) is 27.2. The molecule has 0 saturated carbocycles. The average Bonchev–Trinajstić information content (AvgIpc) is 3.62. The van der Waals surface area contributed by atoms with Gasteiger partial charge in [0.1, 0.15) is 0 Å². The number of pyridine rings is 1. The molecule has 0 aliphatic heterocycles. The highest BCUT2D eigenvalue weighted by Crippen LogP contribution is 2.51. The summed E-state index contributed by atoms with van der Waals surface area (Å²) in [6.07, 6.45) is 1.83. The summed E-state index contributed by atoms with van der Waals surface area (Å²) >= 11 is 0. The van der Waals surface area contributed by atoms with Crippen LogP contribution in [0.25, 0.3) is 78.8 Å². The number of nitrogens with zero attached hydrogens (tertiary/aromatic N) is 5. The van der Waals surface area contributed by atoms with Gasteiger partial charge in [-0.2, -0.15) is 5.26 Å². The third kappa shape index (κ3) is 5.29. The first-order valence-electron chi connectivity index (χ1n) is 19.0. The maximum Gasteiger partial charge on any atom is 0.164 e. The van der Waals surface area contributed by atoms with E-state index in [-0.39, 0.29) is 10.8 Å². The molecule has 0 atom stereocenters. The van der Waals surface area contributed by atoms with Crippen molar-refractivity contribution in [2.45, 2.75) is 38.5 Å². The predicted molar refractivity (Wildman–Crippen MR) is 225 cm³/mol. The number of aromatic nitrogens is 4. The zero-order valence-electron chi connectivity index (χ0n) is 31.7. The van der Waals surface area contributed by atoms with Crippen LogP contribution in [0.3, 0.4) is 0 Å². The molecule has 5 heteroatoms. The normalized spacial score (nSPS) is 14.0. The molecule has 0 saturated heterocycles. The molecule has 56 heavy (non-hydrogen) atoms. The molecule has 0 bridgehead atoms. The van der Waals surface area contributed by atoms with E-state index >= 15 is 0 Å². The van der Waals surface area contributed by atoms with Crippen molar-refractivity contribution in [2.75, 3.05) is 0 Å². The molecule has 0 amide bonds. The van der Waals surface area contributed by atoms with Crippen LogP contribution in [0.15, 0.2) is 152 Å². The summed E-state index contributed by atoms with van der Waals surface area (Å²) in [4.78, 5) is 20.3. The standard InChI is InChI=1S/C51H37N5/c1-50(2)42-15-9-8-14-38(42)40-22-19-34(29-45(40)50)48-54-47(32-12-6-5-7-13-32)55-49(56-48)37-26-35(25-36(27-37)46-16-10-11-23-53-46)33-18-21-41-39-20-17-31(30-52)24-43(39)51(3,4)44(41)28-33/h5-29H,1-4H3. The highest BCUT2D eigenvalue weighted by atomic mass is 15.0. The predicted octanol–water partition coefficient (Wildman–Crippen LogP) is 12.1. The second-order valence-electron chi connectivity index (χ2n) is 15.9.